The molecule has 0 saturated heterocycles. The van der Waals surface area contributed by atoms with E-state index in [1.54, 1.807) is 46.3 Å². The fourth-order valence-corrected chi connectivity index (χ4v) is 4.13. The standard InChI is InChI=1S/C25H32N2O7/c1-5-33-25(30)16-6-9-18(10-7-16)26-23(29)14-19(28)13-20-15(2)34-24(27-20)17-8-11-21(31-3)22(12-17)32-4/h8,11-12,16,18H,5-7,9-10,13-14H2,1-4H3,(H,26,29). The van der Waals surface area contributed by atoms with Gasteiger partial charge in [0.05, 0.1) is 45.3 Å². The van der Waals surface area contributed by atoms with Crippen LogP contribution in [0.15, 0.2) is 22.6 Å². The molecule has 1 amide bonds. The summed E-state index contributed by atoms with van der Waals surface area (Å²) < 4.78 is 21.4. The van der Waals surface area contributed by atoms with E-state index in [2.05, 4.69) is 10.3 Å². The van der Waals surface area contributed by atoms with E-state index in [1.807, 2.05) is 0 Å². The smallest absolute Gasteiger partial charge is 0.308 e. The Kier molecular flexibility index (Phi) is 8.67. The minimum Gasteiger partial charge on any atom is -0.493 e. The summed E-state index contributed by atoms with van der Waals surface area (Å²) in [5.74, 6) is 1.19. The van der Waals surface area contributed by atoms with Crippen LogP contribution in [0, 0.1) is 12.8 Å². The third-order valence-electron chi connectivity index (χ3n) is 5.96. The van der Waals surface area contributed by atoms with Crippen molar-refractivity contribution in [3.05, 3.63) is 29.7 Å². The molecule has 0 atom stereocenters. The third kappa shape index (κ3) is 6.36. The highest BCUT2D eigenvalue weighted by molar-refractivity contribution is 5.99. The molecule has 0 radical (unpaired) electrons. The normalized spacial score (nSPS) is 17.6. The van der Waals surface area contributed by atoms with Gasteiger partial charge in [0.1, 0.15) is 11.5 Å². The molecule has 0 spiro atoms. The molecule has 34 heavy (non-hydrogen) atoms. The van der Waals surface area contributed by atoms with Gasteiger partial charge in [0.15, 0.2) is 11.5 Å². The van der Waals surface area contributed by atoms with E-state index >= 15 is 0 Å². The molecule has 1 heterocycles. The van der Waals surface area contributed by atoms with Crippen molar-refractivity contribution in [2.24, 2.45) is 5.92 Å². The van der Waals surface area contributed by atoms with Crippen LogP contribution in [0.25, 0.3) is 11.5 Å². The van der Waals surface area contributed by atoms with Gasteiger partial charge in [-0.05, 0) is 57.7 Å². The molecule has 3 rings (SSSR count). The Morgan fingerprint density at radius 3 is 2.44 bits per heavy atom. The number of ether oxygens (including phenoxy) is 3. The molecule has 0 bridgehead atoms. The summed E-state index contributed by atoms with van der Waals surface area (Å²) >= 11 is 0. The number of amides is 1. The summed E-state index contributed by atoms with van der Waals surface area (Å²) in [6, 6.07) is 5.27. The summed E-state index contributed by atoms with van der Waals surface area (Å²) in [6.45, 7) is 3.90. The van der Waals surface area contributed by atoms with Gasteiger partial charge in [-0.1, -0.05) is 0 Å². The van der Waals surface area contributed by atoms with Crippen molar-refractivity contribution in [3.63, 3.8) is 0 Å². The number of nitrogens with one attached hydrogen (secondary N) is 1. The number of hydrogen-bond donors (Lipinski definition) is 1. The molecule has 1 saturated carbocycles. The number of rotatable bonds is 10. The van der Waals surface area contributed by atoms with Gasteiger partial charge in [-0.3, -0.25) is 14.4 Å². The maximum Gasteiger partial charge on any atom is 0.308 e. The number of aryl methyl sites for hydroxylation is 1. The fourth-order valence-electron chi connectivity index (χ4n) is 4.13. The van der Waals surface area contributed by atoms with Crippen LogP contribution in [-0.4, -0.2) is 49.5 Å². The number of Topliss-reactive ketones (excluding diaryl/α,β-unsaturated/α-hetero) is 1. The molecular weight excluding hydrogens is 440 g/mol. The maximum absolute atomic E-state index is 12.5. The molecule has 0 aliphatic heterocycles. The van der Waals surface area contributed by atoms with Crippen LogP contribution >= 0.6 is 0 Å². The zero-order chi connectivity index (χ0) is 24.7. The molecule has 184 valence electrons. The van der Waals surface area contributed by atoms with Gasteiger partial charge in [0.25, 0.3) is 0 Å². The van der Waals surface area contributed by atoms with E-state index in [0.29, 0.717) is 66.7 Å². The fraction of sp³-hybridized carbons (Fsp3) is 0.520. The first-order valence-corrected chi connectivity index (χ1v) is 11.5. The quantitative estimate of drug-likeness (QED) is 0.413. The van der Waals surface area contributed by atoms with Gasteiger partial charge in [-0.15, -0.1) is 0 Å². The second kappa shape index (κ2) is 11.7. The van der Waals surface area contributed by atoms with Gasteiger partial charge in [-0.2, -0.15) is 0 Å². The molecule has 1 aliphatic rings. The molecule has 0 unspecified atom stereocenters. The molecule has 1 aromatic carbocycles. The minimum absolute atomic E-state index is 0.00560. The van der Waals surface area contributed by atoms with Crippen LogP contribution in [0.3, 0.4) is 0 Å². The molecule has 9 nitrogen and oxygen atoms in total. The van der Waals surface area contributed by atoms with E-state index in [1.165, 1.54) is 0 Å². The van der Waals surface area contributed by atoms with E-state index in [9.17, 15) is 14.4 Å². The van der Waals surface area contributed by atoms with E-state index in [0.717, 1.165) is 0 Å². The van der Waals surface area contributed by atoms with E-state index in [4.69, 9.17) is 18.6 Å². The number of carbonyl (C=O) groups excluding carboxylic acids is 3. The highest BCUT2D eigenvalue weighted by Crippen LogP contribution is 2.32. The highest BCUT2D eigenvalue weighted by atomic mass is 16.5. The van der Waals surface area contributed by atoms with Gasteiger partial charge < -0.3 is 23.9 Å². The average molecular weight is 473 g/mol. The lowest BCUT2D eigenvalue weighted by molar-refractivity contribution is -0.149. The number of oxazole rings is 1. The van der Waals surface area contributed by atoms with Crippen molar-refractivity contribution < 1.29 is 33.0 Å². The minimum atomic E-state index is -0.314. The molecule has 1 aromatic heterocycles. The number of methoxy groups -OCH3 is 2. The Hall–Kier alpha value is -3.36. The number of hydrogen-bond acceptors (Lipinski definition) is 8. The summed E-state index contributed by atoms with van der Waals surface area (Å²) in [7, 11) is 3.10. The first-order valence-electron chi connectivity index (χ1n) is 11.5. The summed E-state index contributed by atoms with van der Waals surface area (Å²) in [5.41, 5.74) is 1.19. The number of nitrogens with zero attached hydrogens (tertiary/aromatic N) is 1. The van der Waals surface area contributed by atoms with Crippen LogP contribution in [0.2, 0.25) is 0 Å². The molecule has 2 aromatic rings. The van der Waals surface area contributed by atoms with Crippen molar-refractivity contribution in [2.75, 3.05) is 20.8 Å². The molecule has 1 aliphatic carbocycles. The van der Waals surface area contributed by atoms with Crippen molar-refractivity contribution in [3.8, 4) is 23.0 Å². The van der Waals surface area contributed by atoms with Crippen molar-refractivity contribution >= 4 is 17.7 Å². The number of ketones is 1. The Labute approximate surface area is 199 Å². The number of benzene rings is 1. The number of aromatic nitrogens is 1. The van der Waals surface area contributed by atoms with Crippen molar-refractivity contribution in [1.29, 1.82) is 0 Å². The lowest BCUT2D eigenvalue weighted by atomic mass is 9.86. The lowest BCUT2D eigenvalue weighted by Crippen LogP contribution is -2.39. The predicted octanol–water partition coefficient (Wildman–Crippen LogP) is 3.41. The molecule has 1 fully saturated rings. The SMILES string of the molecule is CCOC(=O)C1CCC(NC(=O)CC(=O)Cc2nc(-c3ccc(OC)c(OC)c3)oc2C)CC1. The van der Waals surface area contributed by atoms with Crippen molar-refractivity contribution in [2.45, 2.75) is 58.4 Å². The second-order valence-corrected chi connectivity index (χ2v) is 8.35. The molecule has 1 N–H and O–H groups in total. The first-order chi connectivity index (χ1) is 16.3. The molecule has 9 heteroatoms. The average Bonchev–Trinajstić information content (AvgIpc) is 3.18. The lowest BCUT2D eigenvalue weighted by Gasteiger charge is -2.27. The van der Waals surface area contributed by atoms with Crippen molar-refractivity contribution in [1.82, 2.24) is 10.3 Å². The van der Waals surface area contributed by atoms with E-state index < -0.39 is 0 Å². The van der Waals surface area contributed by atoms with Gasteiger partial charge in [0.2, 0.25) is 11.8 Å². The van der Waals surface area contributed by atoms with Crippen LogP contribution < -0.4 is 14.8 Å². The maximum atomic E-state index is 12.5. The predicted molar refractivity (Wildman–Crippen MR) is 124 cm³/mol. The van der Waals surface area contributed by atoms with Crippen LogP contribution in [0.4, 0.5) is 0 Å². The summed E-state index contributed by atoms with van der Waals surface area (Å²) in [5, 5.41) is 2.91. The Morgan fingerprint density at radius 1 is 1.09 bits per heavy atom. The highest BCUT2D eigenvalue weighted by Gasteiger charge is 2.28. The van der Waals surface area contributed by atoms with Gasteiger partial charge >= 0.3 is 5.97 Å². The van der Waals surface area contributed by atoms with Crippen LogP contribution in [0.5, 0.6) is 11.5 Å². The number of carbonyl (C=O) groups is 3. The number of esters is 1. The monoisotopic (exact) mass is 472 g/mol. The third-order valence-corrected chi connectivity index (χ3v) is 5.96. The summed E-state index contributed by atoms with van der Waals surface area (Å²) in [6.07, 6.45) is 2.52. The van der Waals surface area contributed by atoms with Gasteiger partial charge in [-0.25, -0.2) is 4.98 Å². The largest absolute Gasteiger partial charge is 0.493 e. The first kappa shape index (κ1) is 25.3. The van der Waals surface area contributed by atoms with Crippen LogP contribution in [0.1, 0.15) is 50.5 Å². The Morgan fingerprint density at radius 2 is 1.79 bits per heavy atom. The Balaban J connectivity index is 1.52. The summed E-state index contributed by atoms with van der Waals surface area (Å²) in [4.78, 5) is 41.2. The zero-order valence-electron chi connectivity index (χ0n) is 20.1. The van der Waals surface area contributed by atoms with E-state index in [-0.39, 0.29) is 42.5 Å². The molecular formula is C25H32N2O7. The van der Waals surface area contributed by atoms with Crippen LogP contribution in [-0.2, 0) is 25.5 Å². The van der Waals surface area contributed by atoms with Gasteiger partial charge in [0, 0.05) is 11.6 Å². The second-order valence-electron chi connectivity index (χ2n) is 8.35. The zero-order valence-corrected chi connectivity index (χ0v) is 20.1. The Bertz CT molecular complexity index is 1020. The topological polar surface area (TPSA) is 117 Å².